The highest BCUT2D eigenvalue weighted by molar-refractivity contribution is 5.76. The lowest BCUT2D eigenvalue weighted by atomic mass is 9.86. The first-order chi connectivity index (χ1) is 16.7. The predicted octanol–water partition coefficient (Wildman–Crippen LogP) is 8.27. The Morgan fingerprint density at radius 2 is 1.18 bits per heavy atom. The molecule has 0 saturated carbocycles. The van der Waals surface area contributed by atoms with Crippen LogP contribution < -0.4 is 9.64 Å². The van der Waals surface area contributed by atoms with Crippen molar-refractivity contribution in [2.75, 3.05) is 11.5 Å². The number of anilines is 3. The molecule has 0 amide bonds. The minimum atomic E-state index is 0.754. The molecule has 0 heterocycles. The Balaban J connectivity index is 1.20. The van der Waals surface area contributed by atoms with Gasteiger partial charge in [-0.1, -0.05) is 53.6 Å². The highest BCUT2D eigenvalue weighted by atomic mass is 16.5. The molecule has 2 nitrogen and oxygen atoms in total. The lowest BCUT2D eigenvalue weighted by Crippen LogP contribution is -2.10. The summed E-state index contributed by atoms with van der Waals surface area (Å²) in [5.74, 6) is 0.928. The van der Waals surface area contributed by atoms with Gasteiger partial charge in [0.25, 0.3) is 0 Å². The Kier molecular flexibility index (Phi) is 6.67. The van der Waals surface area contributed by atoms with Gasteiger partial charge in [-0.05, 0) is 111 Å². The van der Waals surface area contributed by atoms with E-state index >= 15 is 0 Å². The Morgan fingerprint density at radius 3 is 1.71 bits per heavy atom. The van der Waals surface area contributed by atoms with Crippen LogP contribution in [0.25, 0.3) is 0 Å². The quantitative estimate of drug-likeness (QED) is 0.239. The molecule has 172 valence electrons. The van der Waals surface area contributed by atoms with Crippen LogP contribution in [0.15, 0.2) is 91.0 Å². The highest BCUT2D eigenvalue weighted by Crippen LogP contribution is 2.35. The molecule has 0 saturated heterocycles. The van der Waals surface area contributed by atoms with Crippen molar-refractivity contribution in [3.05, 3.63) is 119 Å². The molecule has 0 unspecified atom stereocenters. The van der Waals surface area contributed by atoms with E-state index in [1.165, 1.54) is 29.5 Å². The van der Waals surface area contributed by atoms with Gasteiger partial charge >= 0.3 is 0 Å². The van der Waals surface area contributed by atoms with Crippen molar-refractivity contribution in [2.45, 2.75) is 46.0 Å². The third kappa shape index (κ3) is 5.17. The van der Waals surface area contributed by atoms with Gasteiger partial charge in [-0.3, -0.25) is 0 Å². The lowest BCUT2D eigenvalue weighted by Gasteiger charge is -2.26. The zero-order valence-corrected chi connectivity index (χ0v) is 20.3. The smallest absolute Gasteiger partial charge is 0.119 e. The second kappa shape index (κ2) is 10.2. The number of unbranched alkanes of at least 4 members (excludes halogenated alkanes) is 1. The van der Waals surface area contributed by atoms with Crippen LogP contribution in [-0.2, 0) is 19.3 Å². The number of hydrogen-bond donors (Lipinski definition) is 0. The van der Waals surface area contributed by atoms with Gasteiger partial charge < -0.3 is 9.64 Å². The number of fused-ring (bicyclic) bond motifs is 1. The maximum Gasteiger partial charge on any atom is 0.119 e. The van der Waals surface area contributed by atoms with E-state index in [2.05, 4.69) is 110 Å². The van der Waals surface area contributed by atoms with E-state index in [1.54, 1.807) is 11.1 Å². The summed E-state index contributed by atoms with van der Waals surface area (Å²) in [5.41, 5.74) is 10.5. The molecule has 5 rings (SSSR count). The molecular weight excluding hydrogens is 414 g/mol. The van der Waals surface area contributed by atoms with Crippen LogP contribution in [0.3, 0.4) is 0 Å². The topological polar surface area (TPSA) is 12.5 Å². The molecule has 0 bridgehead atoms. The van der Waals surface area contributed by atoms with Crippen LogP contribution in [0.1, 0.15) is 40.7 Å². The monoisotopic (exact) mass is 447 g/mol. The van der Waals surface area contributed by atoms with Crippen LogP contribution in [0.2, 0.25) is 0 Å². The maximum atomic E-state index is 6.06. The molecule has 0 aliphatic heterocycles. The number of rotatable bonds is 9. The van der Waals surface area contributed by atoms with E-state index < -0.39 is 0 Å². The van der Waals surface area contributed by atoms with E-state index in [-0.39, 0.29) is 0 Å². The Labute approximate surface area is 203 Å². The van der Waals surface area contributed by atoms with E-state index in [0.29, 0.717) is 0 Å². The zero-order valence-electron chi connectivity index (χ0n) is 20.3. The zero-order chi connectivity index (χ0) is 23.3. The number of benzene rings is 4. The van der Waals surface area contributed by atoms with Gasteiger partial charge in [0.15, 0.2) is 0 Å². The average Bonchev–Trinajstić information content (AvgIpc) is 2.84. The molecular formula is C32H33NO. The van der Waals surface area contributed by atoms with E-state index in [0.717, 1.165) is 48.7 Å². The first-order valence-electron chi connectivity index (χ1n) is 12.4. The fourth-order valence-corrected chi connectivity index (χ4v) is 4.55. The molecule has 0 spiro atoms. The van der Waals surface area contributed by atoms with Gasteiger partial charge in [0.05, 0.1) is 6.61 Å². The summed E-state index contributed by atoms with van der Waals surface area (Å²) in [6, 6.07) is 32.8. The number of ether oxygens (including phenoxy) is 1. The van der Waals surface area contributed by atoms with Crippen LogP contribution in [0.5, 0.6) is 5.75 Å². The van der Waals surface area contributed by atoms with Crippen LogP contribution in [-0.4, -0.2) is 6.61 Å². The first-order valence-corrected chi connectivity index (χ1v) is 12.4. The van der Waals surface area contributed by atoms with Gasteiger partial charge in [0.1, 0.15) is 5.75 Å². The minimum absolute atomic E-state index is 0.754. The standard InChI is InChI=1S/C32H33NO/c1-24-6-14-29(15-7-24)33(30-16-8-25(2)9-17-30)31-18-20-32(21-19-31)34-22-4-3-5-26-10-11-27-12-13-28(27)23-26/h6-11,14-21,23H,3-5,12-13,22H2,1-2H3. The average molecular weight is 448 g/mol. The Morgan fingerprint density at radius 1 is 0.618 bits per heavy atom. The number of hydrogen-bond acceptors (Lipinski definition) is 2. The Bertz CT molecular complexity index is 1180. The van der Waals surface area contributed by atoms with Crippen molar-refractivity contribution in [1.29, 1.82) is 0 Å². The van der Waals surface area contributed by atoms with Crippen LogP contribution in [0, 0.1) is 13.8 Å². The van der Waals surface area contributed by atoms with E-state index in [4.69, 9.17) is 4.74 Å². The third-order valence-electron chi connectivity index (χ3n) is 6.74. The molecule has 2 heteroatoms. The van der Waals surface area contributed by atoms with Crippen LogP contribution >= 0.6 is 0 Å². The summed E-state index contributed by atoms with van der Waals surface area (Å²) in [6.07, 6.45) is 5.88. The van der Waals surface area contributed by atoms with Crippen molar-refractivity contribution in [3.63, 3.8) is 0 Å². The third-order valence-corrected chi connectivity index (χ3v) is 6.74. The summed E-state index contributed by atoms with van der Waals surface area (Å²) in [5, 5.41) is 0. The van der Waals surface area contributed by atoms with Crippen molar-refractivity contribution in [3.8, 4) is 5.75 Å². The number of aryl methyl sites for hydroxylation is 5. The second-order valence-corrected chi connectivity index (χ2v) is 9.41. The highest BCUT2D eigenvalue weighted by Gasteiger charge is 2.13. The van der Waals surface area contributed by atoms with Gasteiger partial charge in [0, 0.05) is 17.1 Å². The lowest BCUT2D eigenvalue weighted by molar-refractivity contribution is 0.307. The molecule has 0 fully saturated rings. The van der Waals surface area contributed by atoms with Crippen molar-refractivity contribution < 1.29 is 4.74 Å². The SMILES string of the molecule is Cc1ccc(N(c2ccc(C)cc2)c2ccc(OCCCCc3ccc4c(c3)CC4)cc2)cc1. The van der Waals surface area contributed by atoms with E-state index in [9.17, 15) is 0 Å². The molecule has 1 aliphatic rings. The molecule has 0 radical (unpaired) electrons. The summed E-state index contributed by atoms with van der Waals surface area (Å²) >= 11 is 0. The minimum Gasteiger partial charge on any atom is -0.494 e. The van der Waals surface area contributed by atoms with Crippen molar-refractivity contribution in [2.24, 2.45) is 0 Å². The molecule has 0 N–H and O–H groups in total. The predicted molar refractivity (Wildman–Crippen MR) is 143 cm³/mol. The van der Waals surface area contributed by atoms with Gasteiger partial charge in [0.2, 0.25) is 0 Å². The summed E-state index contributed by atoms with van der Waals surface area (Å²) in [7, 11) is 0. The van der Waals surface area contributed by atoms with Gasteiger partial charge in [-0.25, -0.2) is 0 Å². The van der Waals surface area contributed by atoms with Crippen molar-refractivity contribution in [1.82, 2.24) is 0 Å². The number of nitrogens with zero attached hydrogens (tertiary/aromatic N) is 1. The normalized spacial score (nSPS) is 12.1. The molecule has 0 aromatic heterocycles. The largest absolute Gasteiger partial charge is 0.494 e. The fraction of sp³-hybridized carbons (Fsp3) is 0.250. The Hall–Kier alpha value is -3.52. The second-order valence-electron chi connectivity index (χ2n) is 9.41. The molecule has 0 atom stereocenters. The molecule has 4 aromatic carbocycles. The van der Waals surface area contributed by atoms with Crippen molar-refractivity contribution >= 4 is 17.1 Å². The molecule has 1 aliphatic carbocycles. The van der Waals surface area contributed by atoms with Gasteiger partial charge in [-0.2, -0.15) is 0 Å². The van der Waals surface area contributed by atoms with E-state index in [1.807, 2.05) is 0 Å². The first kappa shape index (κ1) is 22.3. The van der Waals surface area contributed by atoms with Crippen LogP contribution in [0.4, 0.5) is 17.1 Å². The molecule has 34 heavy (non-hydrogen) atoms. The van der Waals surface area contributed by atoms with Gasteiger partial charge in [-0.15, -0.1) is 0 Å². The maximum absolute atomic E-state index is 6.06. The molecule has 4 aromatic rings. The summed E-state index contributed by atoms with van der Waals surface area (Å²) in [6.45, 7) is 5.00. The summed E-state index contributed by atoms with van der Waals surface area (Å²) < 4.78 is 6.06. The summed E-state index contributed by atoms with van der Waals surface area (Å²) in [4.78, 5) is 2.29. The fourth-order valence-electron chi connectivity index (χ4n) is 4.55.